The number of carbonyl (C=O) groups is 1. The summed E-state index contributed by atoms with van der Waals surface area (Å²) in [6, 6.07) is 20.1. The second kappa shape index (κ2) is 9.11. The molecule has 1 aliphatic rings. The van der Waals surface area contributed by atoms with E-state index in [9.17, 15) is 4.79 Å². The van der Waals surface area contributed by atoms with Gasteiger partial charge in [-0.1, -0.05) is 74.5 Å². The molecule has 1 unspecified atom stereocenters. The summed E-state index contributed by atoms with van der Waals surface area (Å²) in [5.74, 6) is 0.0916. The van der Waals surface area contributed by atoms with Gasteiger partial charge in [0, 0.05) is 19.5 Å². The Balaban J connectivity index is 0.000000924. The first-order chi connectivity index (χ1) is 11.3. The van der Waals surface area contributed by atoms with Crippen molar-refractivity contribution in [1.82, 2.24) is 4.90 Å². The van der Waals surface area contributed by atoms with Gasteiger partial charge in [0.2, 0.25) is 0 Å². The molecule has 3 rings (SSSR count). The number of benzene rings is 2. The average Bonchev–Trinajstić information content (AvgIpc) is 2.62. The number of rotatable bonds is 4. The Morgan fingerprint density at radius 2 is 1.52 bits per heavy atom. The van der Waals surface area contributed by atoms with E-state index >= 15 is 0 Å². The minimum absolute atomic E-state index is 0.0916. The average molecular weight is 311 g/mol. The SMILES string of the molecule is CC.O=C1C(Cc2ccccc2)OCCN1Cc1ccccc1. The first kappa shape index (κ1) is 17.2. The Kier molecular flexibility index (Phi) is 6.82. The third-order valence-corrected chi connectivity index (χ3v) is 3.75. The molecular weight excluding hydrogens is 286 g/mol. The second-order valence-electron chi connectivity index (χ2n) is 5.29. The lowest BCUT2D eigenvalue weighted by Crippen LogP contribution is -2.48. The van der Waals surface area contributed by atoms with E-state index in [1.165, 1.54) is 0 Å². The Labute approximate surface area is 138 Å². The van der Waals surface area contributed by atoms with Crippen LogP contribution >= 0.6 is 0 Å². The Morgan fingerprint density at radius 1 is 0.957 bits per heavy atom. The van der Waals surface area contributed by atoms with Gasteiger partial charge in [-0.05, 0) is 11.1 Å². The molecule has 0 radical (unpaired) electrons. The predicted molar refractivity (Wildman–Crippen MR) is 93.1 cm³/mol. The van der Waals surface area contributed by atoms with Crippen molar-refractivity contribution in [2.24, 2.45) is 0 Å². The molecule has 1 atom stereocenters. The zero-order chi connectivity index (χ0) is 16.5. The summed E-state index contributed by atoms with van der Waals surface area (Å²) >= 11 is 0. The van der Waals surface area contributed by atoms with Gasteiger partial charge in [-0.2, -0.15) is 0 Å². The molecule has 0 aliphatic carbocycles. The summed E-state index contributed by atoms with van der Waals surface area (Å²) in [5, 5.41) is 0. The molecular formula is C20H25NO2. The normalized spacial score (nSPS) is 17.4. The fourth-order valence-corrected chi connectivity index (χ4v) is 2.63. The molecule has 23 heavy (non-hydrogen) atoms. The molecule has 1 aliphatic heterocycles. The quantitative estimate of drug-likeness (QED) is 0.862. The van der Waals surface area contributed by atoms with Gasteiger partial charge in [0.25, 0.3) is 5.91 Å². The summed E-state index contributed by atoms with van der Waals surface area (Å²) < 4.78 is 5.67. The van der Waals surface area contributed by atoms with Crippen LogP contribution in [0.3, 0.4) is 0 Å². The Bertz CT molecular complexity index is 532. The molecule has 122 valence electrons. The Hall–Kier alpha value is -2.13. The highest BCUT2D eigenvalue weighted by atomic mass is 16.5. The van der Waals surface area contributed by atoms with Crippen molar-refractivity contribution in [2.75, 3.05) is 13.2 Å². The Morgan fingerprint density at radius 3 is 2.13 bits per heavy atom. The minimum Gasteiger partial charge on any atom is -0.366 e. The molecule has 0 N–H and O–H groups in total. The van der Waals surface area contributed by atoms with Crippen LogP contribution in [0.1, 0.15) is 25.0 Å². The van der Waals surface area contributed by atoms with E-state index in [4.69, 9.17) is 4.74 Å². The highest BCUT2D eigenvalue weighted by Crippen LogP contribution is 2.15. The first-order valence-corrected chi connectivity index (χ1v) is 8.31. The monoisotopic (exact) mass is 311 g/mol. The predicted octanol–water partition coefficient (Wildman–Crippen LogP) is 3.68. The third kappa shape index (κ3) is 4.93. The number of ether oxygens (including phenoxy) is 1. The van der Waals surface area contributed by atoms with Gasteiger partial charge in [-0.15, -0.1) is 0 Å². The summed E-state index contributed by atoms with van der Waals surface area (Å²) in [4.78, 5) is 14.4. The number of morpholine rings is 1. The molecule has 0 aromatic heterocycles. The van der Waals surface area contributed by atoms with E-state index < -0.39 is 0 Å². The number of carbonyl (C=O) groups excluding carboxylic acids is 1. The van der Waals surface area contributed by atoms with Gasteiger partial charge in [0.15, 0.2) is 0 Å². The van der Waals surface area contributed by atoms with Crippen LogP contribution in [-0.2, 0) is 22.5 Å². The fourth-order valence-electron chi connectivity index (χ4n) is 2.63. The van der Waals surface area contributed by atoms with E-state index in [2.05, 4.69) is 12.1 Å². The second-order valence-corrected chi connectivity index (χ2v) is 5.29. The smallest absolute Gasteiger partial charge is 0.252 e. The van der Waals surface area contributed by atoms with Gasteiger partial charge in [-0.3, -0.25) is 4.79 Å². The number of hydrogen-bond donors (Lipinski definition) is 0. The van der Waals surface area contributed by atoms with Crippen LogP contribution < -0.4 is 0 Å². The van der Waals surface area contributed by atoms with Crippen molar-refractivity contribution in [3.63, 3.8) is 0 Å². The molecule has 2 aromatic carbocycles. The van der Waals surface area contributed by atoms with E-state index in [0.717, 1.165) is 11.1 Å². The summed E-state index contributed by atoms with van der Waals surface area (Å²) in [7, 11) is 0. The van der Waals surface area contributed by atoms with E-state index in [1.807, 2.05) is 67.3 Å². The molecule has 3 nitrogen and oxygen atoms in total. The maximum atomic E-state index is 12.5. The number of hydrogen-bond acceptors (Lipinski definition) is 2. The van der Waals surface area contributed by atoms with Crippen molar-refractivity contribution >= 4 is 5.91 Å². The maximum absolute atomic E-state index is 12.5. The van der Waals surface area contributed by atoms with Crippen LogP contribution in [0.5, 0.6) is 0 Å². The topological polar surface area (TPSA) is 29.5 Å². The molecule has 2 aromatic rings. The van der Waals surface area contributed by atoms with Crippen molar-refractivity contribution in [2.45, 2.75) is 32.9 Å². The lowest BCUT2D eigenvalue weighted by molar-refractivity contribution is -0.153. The molecule has 1 saturated heterocycles. The summed E-state index contributed by atoms with van der Waals surface area (Å²) in [6.45, 7) is 5.93. The molecule has 0 spiro atoms. The summed E-state index contributed by atoms with van der Waals surface area (Å²) in [5.41, 5.74) is 2.30. The first-order valence-electron chi connectivity index (χ1n) is 8.31. The molecule has 1 amide bonds. The van der Waals surface area contributed by atoms with Gasteiger partial charge < -0.3 is 9.64 Å². The summed E-state index contributed by atoms with van der Waals surface area (Å²) in [6.07, 6.45) is 0.287. The van der Waals surface area contributed by atoms with Crippen LogP contribution in [0.25, 0.3) is 0 Å². The van der Waals surface area contributed by atoms with Crippen LogP contribution in [-0.4, -0.2) is 30.1 Å². The van der Waals surface area contributed by atoms with Crippen LogP contribution in [0.15, 0.2) is 60.7 Å². The van der Waals surface area contributed by atoms with Gasteiger partial charge in [0.1, 0.15) is 6.10 Å². The molecule has 1 fully saturated rings. The molecule has 0 saturated carbocycles. The van der Waals surface area contributed by atoms with Crippen molar-refractivity contribution in [3.05, 3.63) is 71.8 Å². The fraction of sp³-hybridized carbons (Fsp3) is 0.350. The third-order valence-electron chi connectivity index (χ3n) is 3.75. The van der Waals surface area contributed by atoms with Crippen molar-refractivity contribution in [1.29, 1.82) is 0 Å². The van der Waals surface area contributed by atoms with Crippen LogP contribution in [0.4, 0.5) is 0 Å². The zero-order valence-electron chi connectivity index (χ0n) is 13.9. The van der Waals surface area contributed by atoms with Crippen molar-refractivity contribution < 1.29 is 9.53 Å². The highest BCUT2D eigenvalue weighted by Gasteiger charge is 2.29. The van der Waals surface area contributed by atoms with Gasteiger partial charge >= 0.3 is 0 Å². The number of amides is 1. The minimum atomic E-state index is -0.357. The standard InChI is InChI=1S/C18H19NO2.C2H6/c20-18-17(13-15-7-3-1-4-8-15)21-12-11-19(18)14-16-9-5-2-6-10-16;1-2/h1-10,17H,11-14H2;1-2H3. The van der Waals surface area contributed by atoms with Gasteiger partial charge in [0.05, 0.1) is 6.61 Å². The zero-order valence-corrected chi connectivity index (χ0v) is 13.9. The largest absolute Gasteiger partial charge is 0.366 e. The molecule has 1 heterocycles. The lowest BCUT2D eigenvalue weighted by atomic mass is 10.1. The van der Waals surface area contributed by atoms with E-state index in [0.29, 0.717) is 26.1 Å². The van der Waals surface area contributed by atoms with E-state index in [-0.39, 0.29) is 12.0 Å². The van der Waals surface area contributed by atoms with Crippen molar-refractivity contribution in [3.8, 4) is 0 Å². The highest BCUT2D eigenvalue weighted by molar-refractivity contribution is 5.81. The van der Waals surface area contributed by atoms with Gasteiger partial charge in [-0.25, -0.2) is 0 Å². The maximum Gasteiger partial charge on any atom is 0.252 e. The van der Waals surface area contributed by atoms with Crippen LogP contribution in [0, 0.1) is 0 Å². The molecule has 0 bridgehead atoms. The number of nitrogens with zero attached hydrogens (tertiary/aromatic N) is 1. The molecule has 3 heteroatoms. The van der Waals surface area contributed by atoms with E-state index in [1.54, 1.807) is 0 Å². The van der Waals surface area contributed by atoms with Crippen LogP contribution in [0.2, 0.25) is 0 Å². The lowest BCUT2D eigenvalue weighted by Gasteiger charge is -2.32.